The van der Waals surface area contributed by atoms with Gasteiger partial charge in [0.05, 0.1) is 11.3 Å². The third-order valence-corrected chi connectivity index (χ3v) is 3.14. The van der Waals surface area contributed by atoms with E-state index < -0.39 is 0 Å². The predicted molar refractivity (Wildman–Crippen MR) is 76.6 cm³/mol. The zero-order chi connectivity index (χ0) is 14.0. The summed E-state index contributed by atoms with van der Waals surface area (Å²) in [5.41, 5.74) is 2.96. The van der Waals surface area contributed by atoms with Crippen LogP contribution in [0.1, 0.15) is 35.8 Å². The maximum Gasteiger partial charge on any atom is 0.261 e. The summed E-state index contributed by atoms with van der Waals surface area (Å²) >= 11 is 0. The van der Waals surface area contributed by atoms with Crippen LogP contribution in [-0.2, 0) is 0 Å². The molecule has 0 saturated carbocycles. The molecule has 0 aliphatic carbocycles. The lowest BCUT2D eigenvalue weighted by Crippen LogP contribution is -2.26. The van der Waals surface area contributed by atoms with Crippen molar-refractivity contribution in [3.63, 3.8) is 0 Å². The highest BCUT2D eigenvalue weighted by Crippen LogP contribution is 2.21. The van der Waals surface area contributed by atoms with Crippen LogP contribution in [0, 0.1) is 6.92 Å². The van der Waals surface area contributed by atoms with Crippen LogP contribution in [0.25, 0.3) is 11.3 Å². The molecule has 98 valence electrons. The average molecular weight is 255 g/mol. The third kappa shape index (κ3) is 2.50. The normalized spacial score (nSPS) is 10.7. The molecule has 0 amide bonds. The van der Waals surface area contributed by atoms with E-state index in [0.717, 1.165) is 11.3 Å². The quantitative estimate of drug-likeness (QED) is 0.790. The zero-order valence-corrected chi connectivity index (χ0v) is 11.4. The molecule has 0 bridgehead atoms. The van der Waals surface area contributed by atoms with Gasteiger partial charge in [0.1, 0.15) is 0 Å². The summed E-state index contributed by atoms with van der Waals surface area (Å²) in [6.07, 6.45) is 0.611. The summed E-state index contributed by atoms with van der Waals surface area (Å²) in [7, 11) is 0. The molecule has 1 aromatic carbocycles. The van der Waals surface area contributed by atoms with Gasteiger partial charge in [-0.3, -0.25) is 9.59 Å². The van der Waals surface area contributed by atoms with Gasteiger partial charge >= 0.3 is 0 Å². The highest BCUT2D eigenvalue weighted by Gasteiger charge is 2.12. The van der Waals surface area contributed by atoms with Crippen molar-refractivity contribution in [2.45, 2.75) is 26.8 Å². The smallest absolute Gasteiger partial charge is 0.261 e. The third-order valence-electron chi connectivity index (χ3n) is 3.14. The van der Waals surface area contributed by atoms with Gasteiger partial charge in [0.25, 0.3) is 5.56 Å². The maximum absolute atomic E-state index is 12.2. The van der Waals surface area contributed by atoms with Gasteiger partial charge in [-0.1, -0.05) is 29.8 Å². The van der Waals surface area contributed by atoms with Crippen molar-refractivity contribution in [1.29, 1.82) is 0 Å². The summed E-state index contributed by atoms with van der Waals surface area (Å²) in [6, 6.07) is 11.4. The summed E-state index contributed by atoms with van der Waals surface area (Å²) in [4.78, 5) is 23.1. The second-order valence-corrected chi connectivity index (χ2v) is 4.93. The number of hydrogen-bond acceptors (Lipinski definition) is 2. The van der Waals surface area contributed by atoms with Crippen molar-refractivity contribution in [2.75, 3.05) is 0 Å². The lowest BCUT2D eigenvalue weighted by Gasteiger charge is -2.17. The molecule has 1 heterocycles. The number of carbonyl (C=O) groups is 1. The summed E-state index contributed by atoms with van der Waals surface area (Å²) in [5.74, 6) is 0. The second-order valence-electron chi connectivity index (χ2n) is 4.93. The van der Waals surface area contributed by atoms with Crippen LogP contribution in [0.4, 0.5) is 0 Å². The molecule has 0 spiro atoms. The second kappa shape index (κ2) is 5.22. The number of rotatable bonds is 3. The number of pyridine rings is 1. The van der Waals surface area contributed by atoms with E-state index in [9.17, 15) is 9.59 Å². The van der Waals surface area contributed by atoms with E-state index in [1.54, 1.807) is 10.6 Å². The Labute approximate surface area is 112 Å². The Hall–Kier alpha value is -2.16. The Kier molecular flexibility index (Phi) is 3.65. The Morgan fingerprint density at radius 2 is 1.68 bits per heavy atom. The van der Waals surface area contributed by atoms with Gasteiger partial charge in [-0.25, -0.2) is 0 Å². The van der Waals surface area contributed by atoms with Gasteiger partial charge in [-0.15, -0.1) is 0 Å². The number of carbonyl (C=O) groups excluding carboxylic acids is 1. The van der Waals surface area contributed by atoms with Crippen LogP contribution < -0.4 is 5.56 Å². The van der Waals surface area contributed by atoms with Gasteiger partial charge in [0, 0.05) is 6.04 Å². The molecule has 19 heavy (non-hydrogen) atoms. The summed E-state index contributed by atoms with van der Waals surface area (Å²) in [5, 5.41) is 0. The molecular formula is C16H17NO2. The molecule has 0 aliphatic rings. The Bertz CT molecular complexity index is 651. The van der Waals surface area contributed by atoms with E-state index >= 15 is 0 Å². The largest absolute Gasteiger partial charge is 0.305 e. The number of benzene rings is 1. The van der Waals surface area contributed by atoms with E-state index in [2.05, 4.69) is 0 Å². The summed E-state index contributed by atoms with van der Waals surface area (Å²) < 4.78 is 1.66. The first-order chi connectivity index (χ1) is 9.04. The fourth-order valence-electron chi connectivity index (χ4n) is 2.13. The monoisotopic (exact) mass is 255 g/mol. The minimum Gasteiger partial charge on any atom is -0.305 e. The Morgan fingerprint density at radius 3 is 2.21 bits per heavy atom. The molecule has 0 fully saturated rings. The van der Waals surface area contributed by atoms with Crippen LogP contribution in [0.15, 0.2) is 41.2 Å². The van der Waals surface area contributed by atoms with Crippen molar-refractivity contribution < 1.29 is 4.79 Å². The molecule has 0 saturated heterocycles. The first-order valence-corrected chi connectivity index (χ1v) is 6.32. The first kappa shape index (κ1) is 13.3. The molecule has 0 radical (unpaired) electrons. The molecule has 2 aromatic rings. The number of nitrogens with zero attached hydrogens (tertiary/aromatic N) is 1. The van der Waals surface area contributed by atoms with Crippen molar-refractivity contribution in [2.24, 2.45) is 0 Å². The SMILES string of the molecule is Cc1ccc(-c2ccc(C=O)c(=O)n2C(C)C)cc1. The van der Waals surface area contributed by atoms with E-state index in [-0.39, 0.29) is 17.2 Å². The van der Waals surface area contributed by atoms with E-state index in [1.807, 2.05) is 51.1 Å². The van der Waals surface area contributed by atoms with E-state index in [0.29, 0.717) is 6.29 Å². The fraction of sp³-hybridized carbons (Fsp3) is 0.250. The molecule has 1 aromatic heterocycles. The van der Waals surface area contributed by atoms with Crippen LogP contribution in [0.2, 0.25) is 0 Å². The fourth-order valence-corrected chi connectivity index (χ4v) is 2.13. The van der Waals surface area contributed by atoms with Crippen molar-refractivity contribution in [3.8, 4) is 11.3 Å². The number of aromatic nitrogens is 1. The van der Waals surface area contributed by atoms with Crippen LogP contribution in [0.3, 0.4) is 0 Å². The van der Waals surface area contributed by atoms with Crippen LogP contribution in [-0.4, -0.2) is 10.9 Å². The first-order valence-electron chi connectivity index (χ1n) is 6.32. The van der Waals surface area contributed by atoms with Crippen LogP contribution in [0.5, 0.6) is 0 Å². The minimum absolute atomic E-state index is 0.00343. The molecule has 0 N–H and O–H groups in total. The van der Waals surface area contributed by atoms with Gasteiger partial charge in [0.15, 0.2) is 6.29 Å². The highest BCUT2D eigenvalue weighted by molar-refractivity contribution is 5.75. The summed E-state index contributed by atoms with van der Waals surface area (Å²) in [6.45, 7) is 5.90. The topological polar surface area (TPSA) is 39.1 Å². The van der Waals surface area contributed by atoms with Crippen molar-refractivity contribution in [3.05, 3.63) is 57.9 Å². The number of aryl methyl sites for hydroxylation is 1. The molecule has 2 rings (SSSR count). The molecule has 3 heteroatoms. The Morgan fingerprint density at radius 1 is 1.05 bits per heavy atom. The molecular weight excluding hydrogens is 238 g/mol. The molecule has 0 aliphatic heterocycles. The van der Waals surface area contributed by atoms with E-state index in [4.69, 9.17) is 0 Å². The van der Waals surface area contributed by atoms with Gasteiger partial charge in [-0.05, 0) is 38.5 Å². The van der Waals surface area contributed by atoms with E-state index in [1.165, 1.54) is 5.56 Å². The molecule has 0 atom stereocenters. The van der Waals surface area contributed by atoms with Crippen molar-refractivity contribution in [1.82, 2.24) is 4.57 Å². The lowest BCUT2D eigenvalue weighted by molar-refractivity contribution is 0.112. The number of aldehydes is 1. The molecule has 3 nitrogen and oxygen atoms in total. The maximum atomic E-state index is 12.2. The average Bonchev–Trinajstić information content (AvgIpc) is 2.38. The van der Waals surface area contributed by atoms with Gasteiger partial charge in [-0.2, -0.15) is 0 Å². The minimum atomic E-state index is -0.233. The standard InChI is InChI=1S/C16H17NO2/c1-11(2)17-15(9-8-14(10-18)16(17)19)13-6-4-12(3)5-7-13/h4-11H,1-3H3. The van der Waals surface area contributed by atoms with Gasteiger partial charge < -0.3 is 4.57 Å². The lowest BCUT2D eigenvalue weighted by atomic mass is 10.1. The van der Waals surface area contributed by atoms with Gasteiger partial charge in [0.2, 0.25) is 0 Å². The Balaban J connectivity index is 2.70. The predicted octanol–water partition coefficient (Wildman–Crippen LogP) is 3.22. The van der Waals surface area contributed by atoms with Crippen LogP contribution >= 0.6 is 0 Å². The highest BCUT2D eigenvalue weighted by atomic mass is 16.1. The zero-order valence-electron chi connectivity index (χ0n) is 11.4. The molecule has 0 unspecified atom stereocenters. The number of hydrogen-bond donors (Lipinski definition) is 0. The van der Waals surface area contributed by atoms with Crippen molar-refractivity contribution >= 4 is 6.29 Å².